The maximum Gasteiger partial charge on any atom is 0.416 e. The predicted octanol–water partition coefficient (Wildman–Crippen LogP) is 4.53. The first kappa shape index (κ1) is 31.9. The van der Waals surface area contributed by atoms with E-state index >= 15 is 0 Å². The second kappa shape index (κ2) is 14.0. The Morgan fingerprint density at radius 2 is 1.71 bits per heavy atom. The number of phenols is 1. The number of phenolic OH excluding ortho intramolecular Hbond substituents is 1. The topological polar surface area (TPSA) is 149 Å². The van der Waals surface area contributed by atoms with Crippen LogP contribution in [0.5, 0.6) is 11.5 Å². The van der Waals surface area contributed by atoms with Crippen molar-refractivity contribution >= 4 is 23.5 Å². The number of aromatic hydroxyl groups is 1. The molecule has 0 spiro atoms. The standard InChI is InChI=1S/C23H25F3N2O6.C3H7N/c1-4-34-21-13(3)5-6-17(29)20(21)16(10-19(31)32)28-18(30)11-27-22(33)14-7-12(2)8-15(9-14)23(24,25)26;1-3(2)4/h5-9,16,29H,4,10-11H2,1-3H3,(H,27,33)(H,28,30)(H,31,32);4H,1-2H3. The van der Waals surface area contributed by atoms with Gasteiger partial charge in [-0.25, -0.2) is 0 Å². The zero-order valence-corrected chi connectivity index (χ0v) is 21.7. The zero-order chi connectivity index (χ0) is 29.2. The van der Waals surface area contributed by atoms with Crippen LogP contribution in [0.2, 0.25) is 0 Å². The molecule has 1 unspecified atom stereocenters. The summed E-state index contributed by atoms with van der Waals surface area (Å²) in [5, 5.41) is 30.8. The molecule has 1 atom stereocenters. The minimum Gasteiger partial charge on any atom is -0.507 e. The molecule has 0 aliphatic carbocycles. The van der Waals surface area contributed by atoms with Crippen molar-refractivity contribution in [1.82, 2.24) is 10.6 Å². The minimum absolute atomic E-state index is 0.0671. The number of nitrogens with one attached hydrogen (secondary N) is 3. The molecule has 0 aromatic heterocycles. The molecule has 0 bridgehead atoms. The van der Waals surface area contributed by atoms with Crippen molar-refractivity contribution in [3.63, 3.8) is 0 Å². The lowest BCUT2D eigenvalue weighted by molar-refractivity contribution is -0.138. The van der Waals surface area contributed by atoms with Crippen LogP contribution in [0.15, 0.2) is 30.3 Å². The van der Waals surface area contributed by atoms with Gasteiger partial charge in [0, 0.05) is 11.3 Å². The number of ether oxygens (including phenoxy) is 1. The predicted molar refractivity (Wildman–Crippen MR) is 135 cm³/mol. The average Bonchev–Trinajstić information content (AvgIpc) is 2.78. The molecule has 0 fully saturated rings. The third-order valence-electron chi connectivity index (χ3n) is 4.80. The molecule has 2 rings (SSSR count). The molecule has 0 saturated carbocycles. The second-order valence-electron chi connectivity index (χ2n) is 8.56. The maximum atomic E-state index is 13.0. The van der Waals surface area contributed by atoms with Crippen molar-refractivity contribution in [3.05, 3.63) is 58.1 Å². The molecule has 0 saturated heterocycles. The molecule has 9 nitrogen and oxygen atoms in total. The van der Waals surface area contributed by atoms with Crippen LogP contribution in [0.25, 0.3) is 0 Å². The van der Waals surface area contributed by atoms with Gasteiger partial charge in [-0.2, -0.15) is 13.2 Å². The van der Waals surface area contributed by atoms with Gasteiger partial charge in [-0.3, -0.25) is 14.4 Å². The number of hydrogen-bond donors (Lipinski definition) is 5. The summed E-state index contributed by atoms with van der Waals surface area (Å²) >= 11 is 0. The van der Waals surface area contributed by atoms with E-state index in [0.717, 1.165) is 6.07 Å². The molecule has 12 heteroatoms. The van der Waals surface area contributed by atoms with E-state index in [2.05, 4.69) is 10.6 Å². The molecular formula is C26H32F3N3O6. The van der Waals surface area contributed by atoms with Crippen molar-refractivity contribution in [2.45, 2.75) is 53.3 Å². The highest BCUT2D eigenvalue weighted by Gasteiger charge is 2.31. The van der Waals surface area contributed by atoms with E-state index in [1.165, 1.54) is 19.1 Å². The third-order valence-corrected chi connectivity index (χ3v) is 4.80. The largest absolute Gasteiger partial charge is 0.507 e. The summed E-state index contributed by atoms with van der Waals surface area (Å²) in [4.78, 5) is 36.2. The number of carboxylic acid groups (broad SMARTS) is 1. The van der Waals surface area contributed by atoms with Crippen LogP contribution in [-0.2, 0) is 15.8 Å². The van der Waals surface area contributed by atoms with Crippen LogP contribution >= 0.6 is 0 Å². The Labute approximate surface area is 218 Å². The van der Waals surface area contributed by atoms with Crippen molar-refractivity contribution in [2.24, 2.45) is 0 Å². The van der Waals surface area contributed by atoms with Gasteiger partial charge >= 0.3 is 12.1 Å². The fourth-order valence-corrected chi connectivity index (χ4v) is 3.36. The van der Waals surface area contributed by atoms with Crippen LogP contribution in [0, 0.1) is 19.3 Å². The second-order valence-corrected chi connectivity index (χ2v) is 8.56. The molecule has 38 heavy (non-hydrogen) atoms. The van der Waals surface area contributed by atoms with Crippen LogP contribution in [0.3, 0.4) is 0 Å². The van der Waals surface area contributed by atoms with Gasteiger partial charge in [0.25, 0.3) is 5.91 Å². The maximum absolute atomic E-state index is 13.0. The number of rotatable bonds is 9. The molecule has 0 heterocycles. The number of aryl methyl sites for hydroxylation is 2. The lowest BCUT2D eigenvalue weighted by atomic mass is 9.98. The van der Waals surface area contributed by atoms with Crippen molar-refractivity contribution in [2.75, 3.05) is 13.2 Å². The molecule has 208 valence electrons. The van der Waals surface area contributed by atoms with E-state index in [4.69, 9.17) is 10.1 Å². The Balaban J connectivity index is 0.00000168. The Bertz CT molecular complexity index is 1180. The summed E-state index contributed by atoms with van der Waals surface area (Å²) in [6.07, 6.45) is -5.24. The van der Waals surface area contributed by atoms with Crippen molar-refractivity contribution < 1.29 is 42.5 Å². The van der Waals surface area contributed by atoms with E-state index in [-0.39, 0.29) is 34.8 Å². The summed E-state index contributed by atoms with van der Waals surface area (Å²) in [5.74, 6) is -3.06. The van der Waals surface area contributed by atoms with Crippen LogP contribution < -0.4 is 15.4 Å². The number of carboxylic acids is 1. The Hall–Kier alpha value is -4.09. The number of aliphatic carboxylic acids is 1. The summed E-state index contributed by atoms with van der Waals surface area (Å²) in [7, 11) is 0. The minimum atomic E-state index is -4.64. The highest BCUT2D eigenvalue weighted by atomic mass is 19.4. The molecule has 0 radical (unpaired) electrons. The fourth-order valence-electron chi connectivity index (χ4n) is 3.36. The quantitative estimate of drug-likeness (QED) is 0.296. The molecule has 2 aromatic rings. The number of carbonyl (C=O) groups excluding carboxylic acids is 2. The third kappa shape index (κ3) is 10.1. The number of carbonyl (C=O) groups is 3. The monoisotopic (exact) mass is 539 g/mol. The summed E-state index contributed by atoms with van der Waals surface area (Å²) in [5.41, 5.74) is 0.272. The molecular weight excluding hydrogens is 507 g/mol. The van der Waals surface area contributed by atoms with Crippen LogP contribution in [-0.4, -0.2) is 46.9 Å². The Morgan fingerprint density at radius 1 is 1.11 bits per heavy atom. The lowest BCUT2D eigenvalue weighted by Gasteiger charge is -2.23. The molecule has 5 N–H and O–H groups in total. The Kier molecular flexibility index (Phi) is 11.8. The number of hydrogen-bond acceptors (Lipinski definition) is 6. The number of alkyl halides is 3. The van der Waals surface area contributed by atoms with Gasteiger partial charge in [-0.1, -0.05) is 6.07 Å². The first-order valence-corrected chi connectivity index (χ1v) is 11.5. The van der Waals surface area contributed by atoms with Crippen LogP contribution in [0.4, 0.5) is 13.2 Å². The first-order valence-electron chi connectivity index (χ1n) is 11.5. The van der Waals surface area contributed by atoms with E-state index in [1.807, 2.05) is 0 Å². The summed E-state index contributed by atoms with van der Waals surface area (Å²) < 4.78 is 44.6. The highest BCUT2D eigenvalue weighted by Crippen LogP contribution is 2.37. The molecule has 0 aliphatic heterocycles. The van der Waals surface area contributed by atoms with Crippen molar-refractivity contribution in [3.8, 4) is 11.5 Å². The normalized spacial score (nSPS) is 11.5. The number of amides is 2. The van der Waals surface area contributed by atoms with Gasteiger partial charge < -0.3 is 31.0 Å². The van der Waals surface area contributed by atoms with E-state index in [9.17, 15) is 37.8 Å². The SMILES string of the molecule is CC(C)=N.CCOc1c(C)ccc(O)c1C(CC(=O)O)NC(=O)CNC(=O)c1cc(C)cc(C(F)(F)F)c1. The zero-order valence-electron chi connectivity index (χ0n) is 21.7. The number of halogens is 3. The summed E-state index contributed by atoms with van der Waals surface area (Å²) in [6.45, 7) is 7.87. The van der Waals surface area contributed by atoms with Gasteiger partial charge in [0.1, 0.15) is 11.5 Å². The van der Waals surface area contributed by atoms with Crippen LogP contribution in [0.1, 0.15) is 65.8 Å². The molecule has 0 aliphatic rings. The van der Waals surface area contributed by atoms with Gasteiger partial charge in [0.15, 0.2) is 0 Å². The Morgan fingerprint density at radius 3 is 2.24 bits per heavy atom. The molecule has 2 aromatic carbocycles. The highest BCUT2D eigenvalue weighted by molar-refractivity contribution is 5.97. The lowest BCUT2D eigenvalue weighted by Crippen LogP contribution is -2.39. The smallest absolute Gasteiger partial charge is 0.416 e. The average molecular weight is 540 g/mol. The first-order chi connectivity index (χ1) is 17.6. The van der Waals surface area contributed by atoms with E-state index in [0.29, 0.717) is 17.3 Å². The van der Waals surface area contributed by atoms with Gasteiger partial charge in [0.2, 0.25) is 5.91 Å². The fraction of sp³-hybridized carbons (Fsp3) is 0.385. The van der Waals surface area contributed by atoms with Gasteiger partial charge in [-0.15, -0.1) is 0 Å². The van der Waals surface area contributed by atoms with Gasteiger partial charge in [-0.05, 0) is 70.0 Å². The van der Waals surface area contributed by atoms with E-state index in [1.54, 1.807) is 33.8 Å². The summed E-state index contributed by atoms with van der Waals surface area (Å²) in [6, 6.07) is 4.53. The molecule has 2 amide bonds. The number of benzene rings is 2. The van der Waals surface area contributed by atoms with Crippen molar-refractivity contribution in [1.29, 1.82) is 5.41 Å². The van der Waals surface area contributed by atoms with Gasteiger partial charge in [0.05, 0.1) is 36.7 Å². The van der Waals surface area contributed by atoms with E-state index < -0.39 is 48.5 Å².